The summed E-state index contributed by atoms with van der Waals surface area (Å²) in [5.41, 5.74) is -0.313. The second-order valence-corrected chi connectivity index (χ2v) is 6.27. The smallest absolute Gasteiger partial charge is 0.346 e. The molecule has 10 heteroatoms. The van der Waals surface area contributed by atoms with Crippen LogP contribution in [0, 0.1) is 22.9 Å². The zero-order valence-electron chi connectivity index (χ0n) is 15.6. The van der Waals surface area contributed by atoms with Gasteiger partial charge in [0.2, 0.25) is 0 Å². The van der Waals surface area contributed by atoms with E-state index in [-0.39, 0.29) is 36.0 Å². The maximum Gasteiger partial charge on any atom is 0.346 e. The number of ether oxygens (including phenoxy) is 3. The molecule has 1 atom stereocenters. The summed E-state index contributed by atoms with van der Waals surface area (Å²) in [4.78, 5) is 35.3. The standard InChI is InChI=1S/C19H17FN2O7/c1-10-3-4-12(7-14(10)20)21-18(23)11(2)29-19(24)13-8-16-17(28-6-5-27-16)9-15(13)22(25)26/h3-4,7-9,11H,5-6H2,1-2H3,(H,21,23). The van der Waals surface area contributed by atoms with Crippen LogP contribution in [0.25, 0.3) is 0 Å². The van der Waals surface area contributed by atoms with Crippen LogP contribution in [-0.4, -0.2) is 36.1 Å². The lowest BCUT2D eigenvalue weighted by Crippen LogP contribution is -2.30. The highest BCUT2D eigenvalue weighted by molar-refractivity contribution is 5.99. The van der Waals surface area contributed by atoms with E-state index in [1.54, 1.807) is 6.92 Å². The average Bonchev–Trinajstić information content (AvgIpc) is 2.69. The van der Waals surface area contributed by atoms with Gasteiger partial charge in [0.1, 0.15) is 24.6 Å². The first-order valence-corrected chi connectivity index (χ1v) is 8.62. The maximum atomic E-state index is 13.6. The number of fused-ring (bicyclic) bond motifs is 1. The number of nitrogens with one attached hydrogen (secondary N) is 1. The van der Waals surface area contributed by atoms with Crippen molar-refractivity contribution in [1.82, 2.24) is 0 Å². The summed E-state index contributed by atoms with van der Waals surface area (Å²) in [5, 5.41) is 13.7. The Morgan fingerprint density at radius 2 is 1.86 bits per heavy atom. The van der Waals surface area contributed by atoms with Gasteiger partial charge in [-0.15, -0.1) is 0 Å². The Balaban J connectivity index is 1.75. The summed E-state index contributed by atoms with van der Waals surface area (Å²) in [6, 6.07) is 6.34. The molecule has 0 saturated carbocycles. The first kappa shape index (κ1) is 20.1. The maximum absolute atomic E-state index is 13.6. The molecule has 0 fully saturated rings. The number of carbonyl (C=O) groups is 2. The predicted molar refractivity (Wildman–Crippen MR) is 98.7 cm³/mol. The third kappa shape index (κ3) is 4.42. The van der Waals surface area contributed by atoms with Crippen LogP contribution in [0.2, 0.25) is 0 Å². The Labute approximate surface area is 164 Å². The summed E-state index contributed by atoms with van der Waals surface area (Å²) in [7, 11) is 0. The largest absolute Gasteiger partial charge is 0.486 e. The summed E-state index contributed by atoms with van der Waals surface area (Å²) >= 11 is 0. The van der Waals surface area contributed by atoms with Crippen LogP contribution >= 0.6 is 0 Å². The molecule has 2 aromatic carbocycles. The van der Waals surface area contributed by atoms with E-state index in [2.05, 4.69) is 5.32 Å². The number of anilines is 1. The molecule has 152 valence electrons. The monoisotopic (exact) mass is 404 g/mol. The second-order valence-electron chi connectivity index (χ2n) is 6.27. The lowest BCUT2D eigenvalue weighted by atomic mass is 10.1. The van der Waals surface area contributed by atoms with Crippen LogP contribution < -0.4 is 14.8 Å². The van der Waals surface area contributed by atoms with E-state index in [9.17, 15) is 24.1 Å². The normalized spacial score (nSPS) is 13.3. The lowest BCUT2D eigenvalue weighted by molar-refractivity contribution is -0.385. The minimum absolute atomic E-state index is 0.145. The molecule has 2 aromatic rings. The number of aryl methyl sites for hydroxylation is 1. The van der Waals surface area contributed by atoms with E-state index in [0.717, 1.165) is 18.2 Å². The molecule has 1 unspecified atom stereocenters. The molecule has 3 rings (SSSR count). The van der Waals surface area contributed by atoms with Gasteiger partial charge in [-0.2, -0.15) is 0 Å². The zero-order valence-corrected chi connectivity index (χ0v) is 15.6. The highest BCUT2D eigenvalue weighted by Crippen LogP contribution is 2.37. The van der Waals surface area contributed by atoms with Gasteiger partial charge in [0.15, 0.2) is 17.6 Å². The van der Waals surface area contributed by atoms with Gasteiger partial charge in [0.05, 0.1) is 11.0 Å². The summed E-state index contributed by atoms with van der Waals surface area (Å²) in [5.74, 6) is -1.99. The van der Waals surface area contributed by atoms with Crippen LogP contribution in [0.3, 0.4) is 0 Å². The first-order valence-electron chi connectivity index (χ1n) is 8.62. The molecule has 9 nitrogen and oxygen atoms in total. The highest BCUT2D eigenvalue weighted by atomic mass is 19.1. The van der Waals surface area contributed by atoms with E-state index in [1.165, 1.54) is 19.1 Å². The third-order valence-electron chi connectivity index (χ3n) is 4.17. The molecule has 0 bridgehead atoms. The SMILES string of the molecule is Cc1ccc(NC(=O)C(C)OC(=O)c2cc3c(cc2[N+](=O)[O-])OCCO3)cc1F. The van der Waals surface area contributed by atoms with Crippen molar-refractivity contribution in [3.05, 3.63) is 57.4 Å². The van der Waals surface area contributed by atoms with Gasteiger partial charge in [0.25, 0.3) is 11.6 Å². The van der Waals surface area contributed by atoms with Crippen molar-refractivity contribution in [1.29, 1.82) is 0 Å². The second kappa shape index (κ2) is 8.13. The number of nitro benzene ring substituents is 1. The Kier molecular flexibility index (Phi) is 5.62. The molecule has 0 saturated heterocycles. The quantitative estimate of drug-likeness (QED) is 0.462. The van der Waals surface area contributed by atoms with Crippen LogP contribution in [0.4, 0.5) is 15.8 Å². The summed E-state index contributed by atoms with van der Waals surface area (Å²) in [6.45, 7) is 3.32. The van der Waals surface area contributed by atoms with Crippen molar-refractivity contribution in [3.8, 4) is 11.5 Å². The fraction of sp³-hybridized carbons (Fsp3) is 0.263. The number of esters is 1. The average molecular weight is 404 g/mol. The van der Waals surface area contributed by atoms with Crippen molar-refractivity contribution in [2.45, 2.75) is 20.0 Å². The molecule has 0 spiro atoms. The van der Waals surface area contributed by atoms with Crippen molar-refractivity contribution >= 4 is 23.3 Å². The number of hydrogen-bond donors (Lipinski definition) is 1. The number of amides is 1. The number of carbonyl (C=O) groups excluding carboxylic acids is 2. The van der Waals surface area contributed by atoms with E-state index >= 15 is 0 Å². The number of hydrogen-bond acceptors (Lipinski definition) is 7. The molecular formula is C19H17FN2O7. The van der Waals surface area contributed by atoms with Gasteiger partial charge in [-0.1, -0.05) is 6.07 Å². The van der Waals surface area contributed by atoms with Crippen LogP contribution in [0.5, 0.6) is 11.5 Å². The molecule has 1 amide bonds. The minimum Gasteiger partial charge on any atom is -0.486 e. The molecule has 0 aliphatic carbocycles. The molecule has 29 heavy (non-hydrogen) atoms. The molecule has 1 aliphatic rings. The van der Waals surface area contributed by atoms with Gasteiger partial charge in [-0.25, -0.2) is 9.18 Å². The molecule has 0 radical (unpaired) electrons. The fourth-order valence-electron chi connectivity index (χ4n) is 2.58. The topological polar surface area (TPSA) is 117 Å². The van der Waals surface area contributed by atoms with Gasteiger partial charge in [-0.3, -0.25) is 14.9 Å². The molecule has 0 aromatic heterocycles. The fourth-order valence-corrected chi connectivity index (χ4v) is 2.58. The van der Waals surface area contributed by atoms with Crippen molar-refractivity contribution in [3.63, 3.8) is 0 Å². The zero-order chi connectivity index (χ0) is 21.1. The van der Waals surface area contributed by atoms with E-state index in [0.29, 0.717) is 5.56 Å². The first-order chi connectivity index (χ1) is 13.8. The number of benzene rings is 2. The number of rotatable bonds is 5. The Hall–Kier alpha value is -3.69. The molecule has 1 heterocycles. The van der Waals surface area contributed by atoms with E-state index in [4.69, 9.17) is 14.2 Å². The number of nitrogens with zero attached hydrogens (tertiary/aromatic N) is 1. The molecular weight excluding hydrogens is 387 g/mol. The van der Waals surface area contributed by atoms with Gasteiger partial charge >= 0.3 is 5.97 Å². The Morgan fingerprint density at radius 1 is 1.21 bits per heavy atom. The molecule has 1 N–H and O–H groups in total. The number of halogens is 1. The molecule has 1 aliphatic heterocycles. The van der Waals surface area contributed by atoms with Gasteiger partial charge in [-0.05, 0) is 31.5 Å². The lowest BCUT2D eigenvalue weighted by Gasteiger charge is -2.19. The van der Waals surface area contributed by atoms with Crippen LogP contribution in [-0.2, 0) is 9.53 Å². The van der Waals surface area contributed by atoms with E-state index in [1.807, 2.05) is 0 Å². The van der Waals surface area contributed by atoms with Crippen LogP contribution in [0.1, 0.15) is 22.8 Å². The third-order valence-corrected chi connectivity index (χ3v) is 4.17. The highest BCUT2D eigenvalue weighted by Gasteiger charge is 2.29. The van der Waals surface area contributed by atoms with Crippen molar-refractivity contribution in [2.24, 2.45) is 0 Å². The van der Waals surface area contributed by atoms with Crippen LogP contribution in [0.15, 0.2) is 30.3 Å². The number of nitro groups is 1. The van der Waals surface area contributed by atoms with Crippen molar-refractivity contribution < 1.29 is 33.1 Å². The van der Waals surface area contributed by atoms with E-state index < -0.39 is 34.4 Å². The summed E-state index contributed by atoms with van der Waals surface area (Å²) in [6.07, 6.45) is -1.29. The summed E-state index contributed by atoms with van der Waals surface area (Å²) < 4.78 is 29.3. The predicted octanol–water partition coefficient (Wildman–Crippen LogP) is 3.00. The van der Waals surface area contributed by atoms with Gasteiger partial charge in [0, 0.05) is 11.8 Å². The van der Waals surface area contributed by atoms with Gasteiger partial charge < -0.3 is 19.5 Å². The minimum atomic E-state index is -1.29. The van der Waals surface area contributed by atoms with Crippen molar-refractivity contribution in [2.75, 3.05) is 18.5 Å². The Bertz CT molecular complexity index is 993. The Morgan fingerprint density at radius 3 is 2.48 bits per heavy atom.